The zero-order chi connectivity index (χ0) is 7.94. The molecule has 0 aliphatic heterocycles. The highest BCUT2D eigenvalue weighted by Gasteiger charge is 2.50. The van der Waals surface area contributed by atoms with Crippen molar-refractivity contribution in [1.29, 1.82) is 0 Å². The molecule has 0 heterocycles. The van der Waals surface area contributed by atoms with Crippen molar-refractivity contribution in [2.24, 2.45) is 11.3 Å². The molecule has 1 aliphatic rings. The van der Waals surface area contributed by atoms with Gasteiger partial charge in [-0.1, -0.05) is 13.8 Å². The second-order valence-corrected chi connectivity index (χ2v) is 3.98. The molecule has 1 rings (SSSR count). The molecule has 0 bridgehead atoms. The van der Waals surface area contributed by atoms with E-state index in [9.17, 15) is 4.79 Å². The van der Waals surface area contributed by atoms with Crippen LogP contribution in [0.5, 0.6) is 0 Å². The van der Waals surface area contributed by atoms with Crippen molar-refractivity contribution < 1.29 is 4.79 Å². The number of hydrogen-bond acceptors (Lipinski definition) is 1. The molecule has 0 aromatic heterocycles. The summed E-state index contributed by atoms with van der Waals surface area (Å²) in [6, 6.07) is 0. The van der Waals surface area contributed by atoms with E-state index < -0.39 is 0 Å². The lowest BCUT2D eigenvalue weighted by molar-refractivity contribution is -0.130. The molecule has 1 aliphatic carbocycles. The smallest absolute Gasteiger partial charge is 0.225 e. The number of nitrogens with zero attached hydrogens (tertiary/aromatic N) is 1. The van der Waals surface area contributed by atoms with Gasteiger partial charge in [-0.25, -0.2) is 0 Å². The number of carbonyl (C=O) groups is 1. The van der Waals surface area contributed by atoms with E-state index in [0.29, 0.717) is 5.92 Å². The van der Waals surface area contributed by atoms with Crippen LogP contribution in [0, 0.1) is 11.3 Å². The molecule has 1 atom stereocenters. The van der Waals surface area contributed by atoms with E-state index in [1.807, 2.05) is 14.1 Å². The third-order valence-corrected chi connectivity index (χ3v) is 2.25. The Kier molecular flexibility index (Phi) is 1.50. The first-order valence-electron chi connectivity index (χ1n) is 3.66. The lowest BCUT2D eigenvalue weighted by Gasteiger charge is -2.10. The van der Waals surface area contributed by atoms with Crippen molar-refractivity contribution >= 4 is 5.91 Å². The average Bonchev–Trinajstić information content (AvgIpc) is 2.38. The Hall–Kier alpha value is -0.530. The highest BCUT2D eigenvalue weighted by molar-refractivity contribution is 5.81. The first-order valence-corrected chi connectivity index (χ1v) is 3.66. The molecular weight excluding hydrogens is 126 g/mol. The number of hydrogen-bond donors (Lipinski definition) is 0. The molecule has 0 aromatic rings. The minimum atomic E-state index is 0.279. The van der Waals surface area contributed by atoms with E-state index in [1.54, 1.807) is 4.90 Å². The molecule has 0 N–H and O–H groups in total. The minimum Gasteiger partial charge on any atom is -0.349 e. The SMILES string of the molecule is CN(C)C(=O)C1CC1(C)C. The summed E-state index contributed by atoms with van der Waals surface area (Å²) in [5, 5.41) is 0. The minimum absolute atomic E-state index is 0.279. The number of carbonyl (C=O) groups excluding carboxylic acids is 1. The molecule has 1 saturated carbocycles. The fraction of sp³-hybridized carbons (Fsp3) is 0.875. The molecule has 2 heteroatoms. The molecular formula is C8H15NO. The van der Waals surface area contributed by atoms with Crippen molar-refractivity contribution in [3.8, 4) is 0 Å². The molecule has 1 fully saturated rings. The lowest BCUT2D eigenvalue weighted by atomic mass is 10.1. The van der Waals surface area contributed by atoms with Crippen LogP contribution in [0.2, 0.25) is 0 Å². The van der Waals surface area contributed by atoms with E-state index in [-0.39, 0.29) is 11.3 Å². The maximum absolute atomic E-state index is 11.2. The monoisotopic (exact) mass is 141 g/mol. The van der Waals surface area contributed by atoms with E-state index in [2.05, 4.69) is 13.8 Å². The van der Waals surface area contributed by atoms with Crippen LogP contribution in [0.25, 0.3) is 0 Å². The van der Waals surface area contributed by atoms with Crippen molar-refractivity contribution in [3.05, 3.63) is 0 Å². The van der Waals surface area contributed by atoms with Crippen molar-refractivity contribution in [2.75, 3.05) is 14.1 Å². The van der Waals surface area contributed by atoms with Gasteiger partial charge in [-0.3, -0.25) is 4.79 Å². The van der Waals surface area contributed by atoms with Crippen LogP contribution in [0.15, 0.2) is 0 Å². The Morgan fingerprint density at radius 3 is 2.00 bits per heavy atom. The lowest BCUT2D eigenvalue weighted by Crippen LogP contribution is -2.24. The normalized spacial score (nSPS) is 27.8. The summed E-state index contributed by atoms with van der Waals surface area (Å²) in [5.41, 5.74) is 0.279. The second-order valence-electron chi connectivity index (χ2n) is 3.98. The Labute approximate surface area is 62.2 Å². The summed E-state index contributed by atoms with van der Waals surface area (Å²) < 4.78 is 0. The highest BCUT2D eigenvalue weighted by atomic mass is 16.2. The molecule has 2 nitrogen and oxygen atoms in total. The molecule has 0 saturated heterocycles. The summed E-state index contributed by atoms with van der Waals surface area (Å²) >= 11 is 0. The van der Waals surface area contributed by atoms with Crippen LogP contribution in [0.1, 0.15) is 20.3 Å². The van der Waals surface area contributed by atoms with E-state index >= 15 is 0 Å². The van der Waals surface area contributed by atoms with Gasteiger partial charge in [0.05, 0.1) is 0 Å². The highest BCUT2D eigenvalue weighted by Crippen LogP contribution is 2.52. The van der Waals surface area contributed by atoms with Gasteiger partial charge in [0.2, 0.25) is 5.91 Å². The van der Waals surface area contributed by atoms with Crippen LogP contribution in [0.3, 0.4) is 0 Å². The Morgan fingerprint density at radius 1 is 1.50 bits per heavy atom. The summed E-state index contributed by atoms with van der Waals surface area (Å²) in [5.74, 6) is 0.576. The third-order valence-electron chi connectivity index (χ3n) is 2.25. The third kappa shape index (κ3) is 1.15. The second kappa shape index (κ2) is 1.97. The Balaban J connectivity index is 2.48. The van der Waals surface area contributed by atoms with E-state index in [0.717, 1.165) is 6.42 Å². The zero-order valence-electron chi connectivity index (χ0n) is 7.14. The fourth-order valence-electron chi connectivity index (χ4n) is 1.20. The van der Waals surface area contributed by atoms with Crippen molar-refractivity contribution in [3.63, 3.8) is 0 Å². The Morgan fingerprint density at radius 2 is 1.90 bits per heavy atom. The molecule has 1 amide bonds. The quantitative estimate of drug-likeness (QED) is 0.536. The Bertz CT molecular complexity index is 161. The predicted octanol–water partition coefficient (Wildman–Crippen LogP) is 1.12. The van der Waals surface area contributed by atoms with Crippen LogP contribution in [-0.2, 0) is 4.79 Å². The van der Waals surface area contributed by atoms with Gasteiger partial charge in [-0.15, -0.1) is 0 Å². The molecule has 1 unspecified atom stereocenters. The van der Waals surface area contributed by atoms with Gasteiger partial charge in [0, 0.05) is 20.0 Å². The van der Waals surface area contributed by atoms with Crippen LogP contribution in [0.4, 0.5) is 0 Å². The van der Waals surface area contributed by atoms with Crippen molar-refractivity contribution in [1.82, 2.24) is 4.90 Å². The molecule has 10 heavy (non-hydrogen) atoms. The molecule has 58 valence electrons. The van der Waals surface area contributed by atoms with Crippen LogP contribution in [-0.4, -0.2) is 24.9 Å². The van der Waals surface area contributed by atoms with Gasteiger partial charge < -0.3 is 4.90 Å². The summed E-state index contributed by atoms with van der Waals surface area (Å²) in [6.07, 6.45) is 1.06. The zero-order valence-corrected chi connectivity index (χ0v) is 7.14. The van der Waals surface area contributed by atoms with Crippen LogP contribution >= 0.6 is 0 Å². The average molecular weight is 141 g/mol. The van der Waals surface area contributed by atoms with Gasteiger partial charge in [0.1, 0.15) is 0 Å². The van der Waals surface area contributed by atoms with Gasteiger partial charge in [0.15, 0.2) is 0 Å². The summed E-state index contributed by atoms with van der Waals surface area (Å²) in [7, 11) is 3.63. The first-order chi connectivity index (χ1) is 4.45. The predicted molar refractivity (Wildman–Crippen MR) is 40.6 cm³/mol. The summed E-state index contributed by atoms with van der Waals surface area (Å²) in [4.78, 5) is 12.9. The maximum atomic E-state index is 11.2. The molecule has 0 radical (unpaired) electrons. The largest absolute Gasteiger partial charge is 0.349 e. The van der Waals surface area contributed by atoms with Crippen LogP contribution < -0.4 is 0 Å². The fourth-order valence-corrected chi connectivity index (χ4v) is 1.20. The van der Waals surface area contributed by atoms with Gasteiger partial charge in [0.25, 0.3) is 0 Å². The van der Waals surface area contributed by atoms with E-state index in [1.165, 1.54) is 0 Å². The van der Waals surface area contributed by atoms with Crippen molar-refractivity contribution in [2.45, 2.75) is 20.3 Å². The molecule has 0 aromatic carbocycles. The topological polar surface area (TPSA) is 20.3 Å². The van der Waals surface area contributed by atoms with E-state index in [4.69, 9.17) is 0 Å². The van der Waals surface area contributed by atoms with Gasteiger partial charge in [-0.2, -0.15) is 0 Å². The van der Waals surface area contributed by atoms with Gasteiger partial charge in [-0.05, 0) is 11.8 Å². The number of rotatable bonds is 1. The molecule has 0 spiro atoms. The maximum Gasteiger partial charge on any atom is 0.225 e. The first kappa shape index (κ1) is 7.58. The van der Waals surface area contributed by atoms with Gasteiger partial charge >= 0.3 is 0 Å². The summed E-state index contributed by atoms with van der Waals surface area (Å²) in [6.45, 7) is 4.28. The number of amides is 1. The standard InChI is InChI=1S/C8H15NO/c1-8(2)5-6(8)7(10)9(3)4/h6H,5H2,1-4H3.